The largest absolute Gasteiger partial charge is 0.466 e. The Bertz CT molecular complexity index is 476. The maximum Gasteiger partial charge on any atom is 0.306 e. The van der Waals surface area contributed by atoms with Crippen LogP contribution in [0, 0.1) is 0 Å². The predicted molar refractivity (Wildman–Crippen MR) is 64.8 cm³/mol. The first kappa shape index (κ1) is 11.9. The first-order valence-corrected chi connectivity index (χ1v) is 6.31. The summed E-state index contributed by atoms with van der Waals surface area (Å²) in [5.41, 5.74) is 0.779. The van der Waals surface area contributed by atoms with Crippen LogP contribution in [0.25, 0.3) is 10.8 Å². The van der Waals surface area contributed by atoms with Crippen LogP contribution in [-0.4, -0.2) is 17.6 Å². The number of oxazole rings is 1. The highest BCUT2D eigenvalue weighted by atomic mass is 32.1. The molecule has 0 amide bonds. The number of nitrogens with zero attached hydrogens (tertiary/aromatic N) is 1. The summed E-state index contributed by atoms with van der Waals surface area (Å²) in [5.74, 6) is 0.409. The molecule has 5 heteroatoms. The summed E-state index contributed by atoms with van der Waals surface area (Å²) in [6.45, 7) is 2.21. The summed E-state index contributed by atoms with van der Waals surface area (Å²) < 4.78 is 10.2. The lowest BCUT2D eigenvalue weighted by Gasteiger charge is -1.98. The Balaban J connectivity index is 1.93. The van der Waals surface area contributed by atoms with E-state index in [4.69, 9.17) is 9.15 Å². The van der Waals surface area contributed by atoms with Gasteiger partial charge >= 0.3 is 5.97 Å². The predicted octanol–water partition coefficient (Wildman–Crippen LogP) is 2.90. The van der Waals surface area contributed by atoms with Gasteiger partial charge in [-0.25, -0.2) is 4.98 Å². The van der Waals surface area contributed by atoms with Gasteiger partial charge in [0.25, 0.3) is 0 Å². The molecule has 0 saturated carbocycles. The van der Waals surface area contributed by atoms with E-state index in [0.717, 1.165) is 10.6 Å². The van der Waals surface area contributed by atoms with Crippen molar-refractivity contribution in [2.45, 2.75) is 19.8 Å². The van der Waals surface area contributed by atoms with Crippen LogP contribution in [0.3, 0.4) is 0 Å². The van der Waals surface area contributed by atoms with Gasteiger partial charge < -0.3 is 9.15 Å². The van der Waals surface area contributed by atoms with Gasteiger partial charge in [-0.15, -0.1) is 11.3 Å². The highest BCUT2D eigenvalue weighted by molar-refractivity contribution is 7.13. The summed E-state index contributed by atoms with van der Waals surface area (Å²) in [4.78, 5) is 16.5. The fourth-order valence-electron chi connectivity index (χ4n) is 1.40. The van der Waals surface area contributed by atoms with E-state index < -0.39 is 0 Å². The van der Waals surface area contributed by atoms with Crippen molar-refractivity contribution >= 4 is 17.3 Å². The molecule has 0 atom stereocenters. The summed E-state index contributed by atoms with van der Waals surface area (Å²) in [5, 5.41) is 1.97. The maximum atomic E-state index is 11.2. The zero-order valence-corrected chi connectivity index (χ0v) is 10.3. The number of rotatable bonds is 5. The Morgan fingerprint density at radius 2 is 2.47 bits per heavy atom. The molecule has 0 unspecified atom stereocenters. The number of esters is 1. The minimum Gasteiger partial charge on any atom is -0.466 e. The fourth-order valence-corrected chi connectivity index (χ4v) is 2.05. The molecule has 2 aromatic heterocycles. The zero-order valence-electron chi connectivity index (χ0n) is 9.51. The van der Waals surface area contributed by atoms with Crippen molar-refractivity contribution in [2.24, 2.45) is 0 Å². The Morgan fingerprint density at radius 3 is 3.18 bits per heavy atom. The lowest BCUT2D eigenvalue weighted by molar-refractivity contribution is -0.143. The maximum absolute atomic E-state index is 11.2. The minimum atomic E-state index is -0.201. The molecule has 0 fully saturated rings. The van der Waals surface area contributed by atoms with Crippen molar-refractivity contribution in [3.8, 4) is 10.8 Å². The lowest BCUT2D eigenvalue weighted by Crippen LogP contribution is -2.05. The van der Waals surface area contributed by atoms with E-state index in [1.807, 2.05) is 17.5 Å². The van der Waals surface area contributed by atoms with Crippen LogP contribution >= 0.6 is 11.3 Å². The molecule has 0 spiro atoms. The van der Waals surface area contributed by atoms with Crippen LogP contribution in [0.1, 0.15) is 19.0 Å². The van der Waals surface area contributed by atoms with E-state index in [1.54, 1.807) is 24.5 Å². The molecule has 17 heavy (non-hydrogen) atoms. The van der Waals surface area contributed by atoms with Gasteiger partial charge in [0.1, 0.15) is 6.26 Å². The van der Waals surface area contributed by atoms with E-state index in [2.05, 4.69) is 4.98 Å². The molecule has 4 nitrogen and oxygen atoms in total. The zero-order chi connectivity index (χ0) is 12.1. The van der Waals surface area contributed by atoms with Crippen molar-refractivity contribution in [2.75, 3.05) is 6.61 Å². The minimum absolute atomic E-state index is 0.201. The molecule has 0 bridgehead atoms. The van der Waals surface area contributed by atoms with E-state index >= 15 is 0 Å². The van der Waals surface area contributed by atoms with E-state index in [-0.39, 0.29) is 5.97 Å². The average molecular weight is 251 g/mol. The second-order valence-electron chi connectivity index (χ2n) is 3.43. The first-order valence-electron chi connectivity index (χ1n) is 5.43. The van der Waals surface area contributed by atoms with Crippen molar-refractivity contribution in [1.29, 1.82) is 0 Å². The molecular formula is C12H13NO3S. The van der Waals surface area contributed by atoms with Crippen LogP contribution in [-0.2, 0) is 16.0 Å². The fraction of sp³-hybridized carbons (Fsp3) is 0.333. The molecule has 2 rings (SSSR count). The molecule has 2 heterocycles. The van der Waals surface area contributed by atoms with Crippen LogP contribution in [0.15, 0.2) is 28.2 Å². The Hall–Kier alpha value is -1.62. The molecule has 0 saturated heterocycles. The number of hydrogen-bond donors (Lipinski definition) is 0. The lowest BCUT2D eigenvalue weighted by atomic mass is 10.2. The molecule has 0 aliphatic rings. The molecule has 0 aliphatic heterocycles. The average Bonchev–Trinajstić information content (AvgIpc) is 2.97. The number of ether oxygens (including phenoxy) is 1. The van der Waals surface area contributed by atoms with Crippen molar-refractivity contribution in [1.82, 2.24) is 4.98 Å². The first-order chi connectivity index (χ1) is 8.29. The normalized spacial score (nSPS) is 10.4. The van der Waals surface area contributed by atoms with Gasteiger partial charge in [0.15, 0.2) is 0 Å². The van der Waals surface area contributed by atoms with E-state index in [9.17, 15) is 4.79 Å². The quantitative estimate of drug-likeness (QED) is 0.767. The highest BCUT2D eigenvalue weighted by Crippen LogP contribution is 2.23. The number of hydrogen-bond acceptors (Lipinski definition) is 5. The van der Waals surface area contributed by atoms with Crippen molar-refractivity contribution in [3.05, 3.63) is 29.5 Å². The second-order valence-corrected chi connectivity index (χ2v) is 4.37. The Labute approximate surface area is 103 Å². The summed E-state index contributed by atoms with van der Waals surface area (Å²) in [7, 11) is 0. The number of aryl methyl sites for hydroxylation is 1. The molecular weight excluding hydrogens is 238 g/mol. The third kappa shape index (κ3) is 3.17. The Morgan fingerprint density at radius 1 is 1.59 bits per heavy atom. The molecule has 90 valence electrons. The molecule has 0 aliphatic carbocycles. The third-order valence-corrected chi connectivity index (χ3v) is 3.03. The molecule has 2 aromatic rings. The van der Waals surface area contributed by atoms with Gasteiger partial charge in [-0.05, 0) is 18.4 Å². The van der Waals surface area contributed by atoms with Gasteiger partial charge in [-0.1, -0.05) is 6.07 Å². The standard InChI is InChI=1S/C12H13NO3S/c1-2-15-11(14)6-5-9-8-16-12(13-9)10-4-3-7-17-10/h3-4,7-8H,2,5-6H2,1H3. The molecule has 0 N–H and O–H groups in total. The van der Waals surface area contributed by atoms with Gasteiger partial charge in [0.2, 0.25) is 5.89 Å². The smallest absolute Gasteiger partial charge is 0.306 e. The monoisotopic (exact) mass is 251 g/mol. The van der Waals surface area contributed by atoms with Crippen LogP contribution in [0.2, 0.25) is 0 Å². The SMILES string of the molecule is CCOC(=O)CCc1coc(-c2cccs2)n1. The van der Waals surface area contributed by atoms with Gasteiger partial charge in [0.05, 0.1) is 23.6 Å². The third-order valence-electron chi connectivity index (χ3n) is 2.17. The van der Waals surface area contributed by atoms with Crippen molar-refractivity contribution < 1.29 is 13.9 Å². The summed E-state index contributed by atoms with van der Waals surface area (Å²) in [6.07, 6.45) is 2.48. The van der Waals surface area contributed by atoms with Gasteiger partial charge in [-0.3, -0.25) is 4.79 Å². The molecule has 0 radical (unpaired) electrons. The summed E-state index contributed by atoms with van der Waals surface area (Å²) >= 11 is 1.57. The number of carbonyl (C=O) groups excluding carboxylic acids is 1. The number of carbonyl (C=O) groups is 1. The van der Waals surface area contributed by atoms with Crippen molar-refractivity contribution in [3.63, 3.8) is 0 Å². The summed E-state index contributed by atoms with van der Waals surface area (Å²) in [6, 6.07) is 3.90. The van der Waals surface area contributed by atoms with Crippen LogP contribution in [0.5, 0.6) is 0 Å². The van der Waals surface area contributed by atoms with E-state index in [1.165, 1.54) is 0 Å². The number of aromatic nitrogens is 1. The van der Waals surface area contributed by atoms with Crippen LogP contribution < -0.4 is 0 Å². The number of thiophene rings is 1. The topological polar surface area (TPSA) is 52.3 Å². The molecule has 0 aromatic carbocycles. The van der Waals surface area contributed by atoms with E-state index in [0.29, 0.717) is 25.3 Å². The Kier molecular flexibility index (Phi) is 3.93. The highest BCUT2D eigenvalue weighted by Gasteiger charge is 2.09. The second kappa shape index (κ2) is 5.63. The van der Waals surface area contributed by atoms with Gasteiger partial charge in [-0.2, -0.15) is 0 Å². The van der Waals surface area contributed by atoms with Gasteiger partial charge in [0, 0.05) is 6.42 Å². The van der Waals surface area contributed by atoms with Crippen LogP contribution in [0.4, 0.5) is 0 Å².